The summed E-state index contributed by atoms with van der Waals surface area (Å²) >= 11 is 0. The molecule has 124 valence electrons. The van der Waals surface area contributed by atoms with Gasteiger partial charge in [0.05, 0.1) is 23.8 Å². The maximum Gasteiger partial charge on any atom is 0.423 e. The predicted octanol–water partition coefficient (Wildman–Crippen LogP) is 3.03. The zero-order valence-electron chi connectivity index (χ0n) is 13.9. The molecule has 3 aromatic rings. The van der Waals surface area contributed by atoms with Gasteiger partial charge in [0.2, 0.25) is 0 Å². The van der Waals surface area contributed by atoms with Gasteiger partial charge in [0.1, 0.15) is 5.60 Å². The second-order valence-electron chi connectivity index (χ2n) is 6.53. The lowest BCUT2D eigenvalue weighted by Gasteiger charge is -2.19. The van der Waals surface area contributed by atoms with Crippen molar-refractivity contribution in [3.8, 4) is 0 Å². The van der Waals surface area contributed by atoms with Crippen LogP contribution in [0.25, 0.3) is 11.0 Å². The zero-order valence-corrected chi connectivity index (χ0v) is 13.9. The monoisotopic (exact) mass is 325 g/mol. The lowest BCUT2D eigenvalue weighted by molar-refractivity contribution is 0.0537. The molecule has 0 bridgehead atoms. The fraction of sp³-hybridized carbons (Fsp3) is 0.278. The SMILES string of the molecule is CC(C)(C)OC(=O)n1c(=O)n(Cc2ccccc2)c2ccncc21. The van der Waals surface area contributed by atoms with Gasteiger partial charge in [-0.1, -0.05) is 30.3 Å². The first-order valence-electron chi connectivity index (χ1n) is 7.69. The second-order valence-corrected chi connectivity index (χ2v) is 6.53. The van der Waals surface area contributed by atoms with Gasteiger partial charge in [-0.2, -0.15) is 4.57 Å². The summed E-state index contributed by atoms with van der Waals surface area (Å²) in [4.78, 5) is 29.3. The van der Waals surface area contributed by atoms with Crippen molar-refractivity contribution in [2.75, 3.05) is 0 Å². The molecule has 1 aromatic carbocycles. The van der Waals surface area contributed by atoms with Gasteiger partial charge < -0.3 is 4.74 Å². The van der Waals surface area contributed by atoms with Crippen molar-refractivity contribution in [3.05, 3.63) is 64.8 Å². The van der Waals surface area contributed by atoms with Gasteiger partial charge in [-0.3, -0.25) is 9.55 Å². The number of benzene rings is 1. The molecule has 24 heavy (non-hydrogen) atoms. The van der Waals surface area contributed by atoms with Crippen LogP contribution in [0.1, 0.15) is 26.3 Å². The highest BCUT2D eigenvalue weighted by molar-refractivity contribution is 5.86. The van der Waals surface area contributed by atoms with Crippen LogP contribution in [0.2, 0.25) is 0 Å². The topological polar surface area (TPSA) is 66.1 Å². The van der Waals surface area contributed by atoms with E-state index >= 15 is 0 Å². The van der Waals surface area contributed by atoms with Crippen molar-refractivity contribution >= 4 is 17.1 Å². The van der Waals surface area contributed by atoms with E-state index in [1.165, 1.54) is 6.20 Å². The molecule has 0 saturated carbocycles. The molecule has 3 rings (SSSR count). The van der Waals surface area contributed by atoms with Gasteiger partial charge in [0.25, 0.3) is 0 Å². The number of pyridine rings is 1. The van der Waals surface area contributed by atoms with E-state index in [9.17, 15) is 9.59 Å². The summed E-state index contributed by atoms with van der Waals surface area (Å²) in [6.45, 7) is 5.65. The number of imidazole rings is 1. The summed E-state index contributed by atoms with van der Waals surface area (Å²) in [6.07, 6.45) is 2.41. The Morgan fingerprint density at radius 3 is 2.50 bits per heavy atom. The van der Waals surface area contributed by atoms with Crippen LogP contribution in [-0.2, 0) is 11.3 Å². The minimum atomic E-state index is -0.697. The quantitative estimate of drug-likeness (QED) is 0.726. The number of aromatic nitrogens is 3. The first kappa shape index (κ1) is 16.0. The van der Waals surface area contributed by atoms with Crippen LogP contribution >= 0.6 is 0 Å². The molecule has 6 nitrogen and oxygen atoms in total. The number of ether oxygens (including phenoxy) is 1. The van der Waals surface area contributed by atoms with E-state index < -0.39 is 17.4 Å². The average molecular weight is 325 g/mol. The van der Waals surface area contributed by atoms with E-state index in [4.69, 9.17) is 4.74 Å². The molecule has 0 aliphatic heterocycles. The van der Waals surface area contributed by atoms with Gasteiger partial charge in [0.15, 0.2) is 0 Å². The van der Waals surface area contributed by atoms with Crippen LogP contribution in [0.4, 0.5) is 4.79 Å². The summed E-state index contributed by atoms with van der Waals surface area (Å²) in [7, 11) is 0. The van der Waals surface area contributed by atoms with E-state index in [0.29, 0.717) is 17.6 Å². The van der Waals surface area contributed by atoms with Crippen molar-refractivity contribution in [1.29, 1.82) is 0 Å². The molecule has 0 unspecified atom stereocenters. The zero-order chi connectivity index (χ0) is 17.3. The fourth-order valence-electron chi connectivity index (χ4n) is 2.51. The van der Waals surface area contributed by atoms with Crippen LogP contribution in [-0.4, -0.2) is 25.8 Å². The summed E-state index contributed by atoms with van der Waals surface area (Å²) in [6, 6.07) is 11.3. The highest BCUT2D eigenvalue weighted by atomic mass is 16.6. The summed E-state index contributed by atoms with van der Waals surface area (Å²) in [5, 5.41) is 0. The maximum atomic E-state index is 12.8. The van der Waals surface area contributed by atoms with Gasteiger partial charge in [-0.05, 0) is 32.4 Å². The Bertz CT molecular complexity index is 934. The Balaban J connectivity index is 2.13. The van der Waals surface area contributed by atoms with E-state index in [1.807, 2.05) is 30.3 Å². The van der Waals surface area contributed by atoms with Crippen LogP contribution in [0.15, 0.2) is 53.6 Å². The van der Waals surface area contributed by atoms with Crippen molar-refractivity contribution in [2.45, 2.75) is 32.9 Å². The summed E-state index contributed by atoms with van der Waals surface area (Å²) in [5.41, 5.74) is 0.931. The predicted molar refractivity (Wildman–Crippen MR) is 91.2 cm³/mol. The van der Waals surface area contributed by atoms with Crippen molar-refractivity contribution in [3.63, 3.8) is 0 Å². The minimum absolute atomic E-state index is 0.371. The van der Waals surface area contributed by atoms with Crippen LogP contribution in [0.5, 0.6) is 0 Å². The molecule has 0 aliphatic carbocycles. The molecule has 0 aliphatic rings. The van der Waals surface area contributed by atoms with Gasteiger partial charge in [0, 0.05) is 6.20 Å². The van der Waals surface area contributed by atoms with Crippen molar-refractivity contribution in [1.82, 2.24) is 14.1 Å². The average Bonchev–Trinajstić information content (AvgIpc) is 2.79. The first-order chi connectivity index (χ1) is 11.4. The molecule has 0 spiro atoms. The minimum Gasteiger partial charge on any atom is -0.443 e. The number of carbonyl (C=O) groups is 1. The molecule has 0 atom stereocenters. The summed E-state index contributed by atoms with van der Waals surface area (Å²) in [5.74, 6) is 0. The Morgan fingerprint density at radius 1 is 1.12 bits per heavy atom. The van der Waals surface area contributed by atoms with Crippen molar-refractivity contribution in [2.24, 2.45) is 0 Å². The normalized spacial score (nSPS) is 11.6. The van der Waals surface area contributed by atoms with Gasteiger partial charge in [-0.15, -0.1) is 0 Å². The fourth-order valence-corrected chi connectivity index (χ4v) is 2.51. The van der Waals surface area contributed by atoms with Crippen LogP contribution < -0.4 is 5.69 Å². The number of fused-ring (bicyclic) bond motifs is 1. The van der Waals surface area contributed by atoms with E-state index in [0.717, 1.165) is 10.1 Å². The van der Waals surface area contributed by atoms with Crippen molar-refractivity contribution < 1.29 is 9.53 Å². The number of rotatable bonds is 2. The van der Waals surface area contributed by atoms with Crippen LogP contribution in [0, 0.1) is 0 Å². The maximum absolute atomic E-state index is 12.8. The van der Waals surface area contributed by atoms with E-state index in [-0.39, 0.29) is 0 Å². The summed E-state index contributed by atoms with van der Waals surface area (Å²) < 4.78 is 7.95. The number of hydrogen-bond acceptors (Lipinski definition) is 4. The molecular formula is C18H19N3O3. The first-order valence-corrected chi connectivity index (χ1v) is 7.69. The molecule has 2 heterocycles. The van der Waals surface area contributed by atoms with E-state index in [1.54, 1.807) is 37.6 Å². The number of carbonyl (C=O) groups excluding carboxylic acids is 1. The third-order valence-corrected chi connectivity index (χ3v) is 3.49. The molecular weight excluding hydrogens is 306 g/mol. The second kappa shape index (κ2) is 5.96. The third-order valence-electron chi connectivity index (χ3n) is 3.49. The molecule has 0 fully saturated rings. The lowest BCUT2D eigenvalue weighted by atomic mass is 10.2. The highest BCUT2D eigenvalue weighted by Crippen LogP contribution is 2.16. The molecule has 0 saturated heterocycles. The van der Waals surface area contributed by atoms with E-state index in [2.05, 4.69) is 4.98 Å². The lowest BCUT2D eigenvalue weighted by Crippen LogP contribution is -2.34. The molecule has 0 radical (unpaired) electrons. The smallest absolute Gasteiger partial charge is 0.423 e. The molecule has 2 aromatic heterocycles. The molecule has 6 heteroatoms. The van der Waals surface area contributed by atoms with Crippen LogP contribution in [0.3, 0.4) is 0 Å². The molecule has 0 N–H and O–H groups in total. The Labute approximate surface area is 139 Å². The number of nitrogens with zero attached hydrogens (tertiary/aromatic N) is 3. The standard InChI is InChI=1S/C18H19N3O3/c1-18(2,3)24-17(23)21-15-11-19-10-9-14(15)20(16(21)22)12-13-7-5-4-6-8-13/h4-11H,12H2,1-3H3. The largest absolute Gasteiger partial charge is 0.443 e. The highest BCUT2D eigenvalue weighted by Gasteiger charge is 2.24. The van der Waals surface area contributed by atoms with Gasteiger partial charge >= 0.3 is 11.8 Å². The Kier molecular flexibility index (Phi) is 3.97. The Hall–Kier alpha value is -2.89. The van der Waals surface area contributed by atoms with Gasteiger partial charge in [-0.25, -0.2) is 9.59 Å². The Morgan fingerprint density at radius 2 is 1.83 bits per heavy atom. The number of hydrogen-bond donors (Lipinski definition) is 0. The molecule has 0 amide bonds. The third kappa shape index (κ3) is 3.08.